The van der Waals surface area contributed by atoms with Crippen molar-refractivity contribution < 1.29 is 31.4 Å². The molecule has 21 heavy (non-hydrogen) atoms. The normalized spacial score (nSPS) is 27.2. The molecule has 8 heteroatoms. The molecule has 0 spiro atoms. The van der Waals surface area contributed by atoms with E-state index in [-0.39, 0.29) is 5.69 Å². The zero-order chi connectivity index (χ0) is 15.9. The van der Waals surface area contributed by atoms with Crippen molar-refractivity contribution in [2.24, 2.45) is 5.92 Å². The van der Waals surface area contributed by atoms with Gasteiger partial charge in [-0.25, -0.2) is 0 Å². The number of alkyl halides is 6. The standard InChI is InChI=1S/C13H13F6NO/c14-12(15,16)10-6-7-20(9-4-2-1-3-5-9)11(10,8-21)13(17,18)19/h1-5,10,21H,6-8H2/t10?,11-/m1/s1. The number of para-hydroxylation sites is 1. The van der Waals surface area contributed by atoms with Crippen LogP contribution >= 0.6 is 0 Å². The Kier molecular flexibility index (Phi) is 3.86. The molecule has 1 N–H and O–H groups in total. The lowest BCUT2D eigenvalue weighted by Gasteiger charge is -2.43. The molecule has 2 atom stereocenters. The molecule has 2 rings (SSSR count). The first-order valence-corrected chi connectivity index (χ1v) is 6.21. The third kappa shape index (κ3) is 2.45. The fourth-order valence-corrected chi connectivity index (χ4v) is 2.92. The second-order valence-electron chi connectivity index (χ2n) is 4.95. The smallest absolute Gasteiger partial charge is 0.394 e. The van der Waals surface area contributed by atoms with Gasteiger partial charge < -0.3 is 10.0 Å². The van der Waals surface area contributed by atoms with Crippen LogP contribution in [0.1, 0.15) is 6.42 Å². The van der Waals surface area contributed by atoms with Crippen LogP contribution in [0.3, 0.4) is 0 Å². The summed E-state index contributed by atoms with van der Waals surface area (Å²) in [6.07, 6.45) is -11.0. The van der Waals surface area contributed by atoms with Gasteiger partial charge >= 0.3 is 12.4 Å². The Labute approximate surface area is 117 Å². The van der Waals surface area contributed by atoms with Crippen LogP contribution in [-0.4, -0.2) is 36.1 Å². The van der Waals surface area contributed by atoms with Gasteiger partial charge in [-0.1, -0.05) is 18.2 Å². The summed E-state index contributed by atoms with van der Waals surface area (Å²) in [5, 5.41) is 9.26. The molecule has 1 aromatic rings. The Bertz CT molecular complexity index is 486. The second-order valence-corrected chi connectivity index (χ2v) is 4.95. The van der Waals surface area contributed by atoms with Crippen molar-refractivity contribution in [1.82, 2.24) is 0 Å². The molecule has 1 fully saturated rings. The second kappa shape index (κ2) is 5.08. The van der Waals surface area contributed by atoms with Crippen LogP contribution in [0.5, 0.6) is 0 Å². The van der Waals surface area contributed by atoms with E-state index in [9.17, 15) is 31.4 Å². The van der Waals surface area contributed by atoms with E-state index in [0.29, 0.717) is 4.90 Å². The average molecular weight is 313 g/mol. The van der Waals surface area contributed by atoms with E-state index < -0.39 is 43.4 Å². The number of nitrogens with zero attached hydrogens (tertiary/aromatic N) is 1. The van der Waals surface area contributed by atoms with Gasteiger partial charge in [0.2, 0.25) is 0 Å². The van der Waals surface area contributed by atoms with Crippen LogP contribution in [0.4, 0.5) is 32.0 Å². The number of benzene rings is 1. The Morgan fingerprint density at radius 3 is 2.10 bits per heavy atom. The van der Waals surface area contributed by atoms with E-state index in [0.717, 1.165) is 0 Å². The molecular weight excluding hydrogens is 300 g/mol. The van der Waals surface area contributed by atoms with Crippen molar-refractivity contribution in [2.45, 2.75) is 24.3 Å². The molecule has 0 radical (unpaired) electrons. The largest absolute Gasteiger partial charge is 0.414 e. The average Bonchev–Trinajstić information content (AvgIpc) is 2.79. The summed E-state index contributed by atoms with van der Waals surface area (Å²) in [6, 6.07) is 7.03. The maximum absolute atomic E-state index is 13.4. The van der Waals surface area contributed by atoms with E-state index in [1.54, 1.807) is 6.07 Å². The number of aliphatic hydroxyl groups excluding tert-OH is 1. The van der Waals surface area contributed by atoms with Crippen molar-refractivity contribution >= 4 is 5.69 Å². The number of aliphatic hydroxyl groups is 1. The molecule has 0 bridgehead atoms. The number of rotatable bonds is 2. The van der Waals surface area contributed by atoms with E-state index in [2.05, 4.69) is 0 Å². The zero-order valence-corrected chi connectivity index (χ0v) is 10.7. The topological polar surface area (TPSA) is 23.5 Å². The SMILES string of the molecule is OC[C@]1(C(F)(F)F)C(C(F)(F)F)CCN1c1ccccc1. The summed E-state index contributed by atoms with van der Waals surface area (Å²) in [6.45, 7) is -2.07. The summed E-state index contributed by atoms with van der Waals surface area (Å²) in [4.78, 5) is 0.616. The van der Waals surface area contributed by atoms with Gasteiger partial charge in [0.1, 0.15) is 0 Å². The fraction of sp³-hybridized carbons (Fsp3) is 0.538. The quantitative estimate of drug-likeness (QED) is 0.846. The van der Waals surface area contributed by atoms with Crippen molar-refractivity contribution in [1.29, 1.82) is 0 Å². The van der Waals surface area contributed by atoms with Gasteiger partial charge in [0.05, 0.1) is 12.5 Å². The van der Waals surface area contributed by atoms with Gasteiger partial charge in [0.25, 0.3) is 0 Å². The van der Waals surface area contributed by atoms with Gasteiger partial charge in [0.15, 0.2) is 5.54 Å². The van der Waals surface area contributed by atoms with Crippen molar-refractivity contribution in [2.75, 3.05) is 18.1 Å². The Morgan fingerprint density at radius 1 is 1.10 bits per heavy atom. The summed E-state index contributed by atoms with van der Waals surface area (Å²) < 4.78 is 79.4. The van der Waals surface area contributed by atoms with Gasteiger partial charge in [-0.15, -0.1) is 0 Å². The highest BCUT2D eigenvalue weighted by Gasteiger charge is 2.71. The number of hydrogen-bond donors (Lipinski definition) is 1. The van der Waals surface area contributed by atoms with E-state index in [1.165, 1.54) is 24.3 Å². The molecule has 1 heterocycles. The maximum Gasteiger partial charge on any atom is 0.414 e. The molecule has 2 nitrogen and oxygen atoms in total. The third-order valence-electron chi connectivity index (χ3n) is 3.89. The van der Waals surface area contributed by atoms with E-state index in [4.69, 9.17) is 0 Å². The van der Waals surface area contributed by atoms with Crippen LogP contribution in [0.25, 0.3) is 0 Å². The first-order chi connectivity index (χ1) is 9.64. The van der Waals surface area contributed by atoms with E-state index in [1.807, 2.05) is 0 Å². The summed E-state index contributed by atoms with van der Waals surface area (Å²) >= 11 is 0. The Hall–Kier alpha value is -1.44. The number of halogens is 6. The lowest BCUT2D eigenvalue weighted by atomic mass is 9.83. The minimum absolute atomic E-state index is 0.00984. The molecular formula is C13H13F6NO. The first-order valence-electron chi connectivity index (χ1n) is 6.21. The maximum atomic E-state index is 13.4. The predicted molar refractivity (Wildman–Crippen MR) is 63.8 cm³/mol. The lowest BCUT2D eigenvalue weighted by Crippen LogP contribution is -2.64. The molecule has 0 aromatic heterocycles. The van der Waals surface area contributed by atoms with Gasteiger partial charge in [-0.3, -0.25) is 0 Å². The zero-order valence-electron chi connectivity index (χ0n) is 10.7. The van der Waals surface area contributed by atoms with Crippen LogP contribution in [-0.2, 0) is 0 Å². The highest BCUT2D eigenvalue weighted by molar-refractivity contribution is 5.52. The molecule has 0 amide bonds. The number of hydrogen-bond acceptors (Lipinski definition) is 2. The van der Waals surface area contributed by atoms with Gasteiger partial charge in [0, 0.05) is 12.2 Å². The van der Waals surface area contributed by atoms with E-state index >= 15 is 0 Å². The minimum atomic E-state index is -5.21. The highest BCUT2D eigenvalue weighted by atomic mass is 19.4. The number of anilines is 1. The summed E-state index contributed by atoms with van der Waals surface area (Å²) in [5.41, 5.74) is -3.33. The van der Waals surface area contributed by atoms with Crippen LogP contribution in [0, 0.1) is 5.92 Å². The van der Waals surface area contributed by atoms with Gasteiger partial charge in [-0.2, -0.15) is 26.3 Å². The molecule has 1 aliphatic heterocycles. The molecule has 1 saturated heterocycles. The monoisotopic (exact) mass is 313 g/mol. The van der Waals surface area contributed by atoms with Crippen LogP contribution in [0.15, 0.2) is 30.3 Å². The molecule has 118 valence electrons. The highest BCUT2D eigenvalue weighted by Crippen LogP contribution is 2.53. The molecule has 0 saturated carbocycles. The van der Waals surface area contributed by atoms with Crippen LogP contribution in [0.2, 0.25) is 0 Å². The van der Waals surface area contributed by atoms with Crippen molar-refractivity contribution in [3.05, 3.63) is 30.3 Å². The van der Waals surface area contributed by atoms with Crippen LogP contribution < -0.4 is 4.90 Å². The predicted octanol–water partition coefficient (Wildman–Crippen LogP) is 3.37. The Morgan fingerprint density at radius 2 is 1.67 bits per heavy atom. The third-order valence-corrected chi connectivity index (χ3v) is 3.89. The fourth-order valence-electron chi connectivity index (χ4n) is 2.92. The minimum Gasteiger partial charge on any atom is -0.394 e. The molecule has 1 aliphatic rings. The molecule has 1 unspecified atom stereocenters. The Balaban J connectivity index is 2.57. The summed E-state index contributed by atoms with van der Waals surface area (Å²) in [7, 11) is 0. The summed E-state index contributed by atoms with van der Waals surface area (Å²) in [5.74, 6) is -2.66. The first kappa shape index (κ1) is 15.9. The van der Waals surface area contributed by atoms with Gasteiger partial charge in [-0.05, 0) is 18.6 Å². The van der Waals surface area contributed by atoms with Crippen molar-refractivity contribution in [3.8, 4) is 0 Å². The molecule has 0 aliphatic carbocycles. The lowest BCUT2D eigenvalue weighted by molar-refractivity contribution is -0.261. The molecule has 1 aromatic carbocycles. The van der Waals surface area contributed by atoms with Crippen molar-refractivity contribution in [3.63, 3.8) is 0 Å².